The number of carbonyl (C=O) groups is 3. The van der Waals surface area contributed by atoms with E-state index >= 15 is 0 Å². The minimum absolute atomic E-state index is 0.0300. The van der Waals surface area contributed by atoms with Crippen LogP contribution in [0.5, 0.6) is 0 Å². The van der Waals surface area contributed by atoms with Gasteiger partial charge in [0.15, 0.2) is 0 Å². The second-order valence-corrected chi connectivity index (χ2v) is 6.34. The van der Waals surface area contributed by atoms with Crippen LogP contribution in [0.3, 0.4) is 0 Å². The molecule has 1 aliphatic rings. The van der Waals surface area contributed by atoms with E-state index in [9.17, 15) is 14.4 Å². The maximum atomic E-state index is 12.8. The molecule has 1 saturated heterocycles. The Labute approximate surface area is 150 Å². The summed E-state index contributed by atoms with van der Waals surface area (Å²) in [6.07, 6.45) is -0.0300. The fourth-order valence-electron chi connectivity index (χ4n) is 2.97. The average molecular weight is 357 g/mol. The molecule has 3 amide bonds. The molecule has 5 nitrogen and oxygen atoms in total. The van der Waals surface area contributed by atoms with Crippen molar-refractivity contribution in [2.45, 2.75) is 25.9 Å². The van der Waals surface area contributed by atoms with E-state index in [0.717, 1.165) is 10.5 Å². The maximum absolute atomic E-state index is 12.8. The minimum Gasteiger partial charge on any atom is -0.326 e. The van der Waals surface area contributed by atoms with Gasteiger partial charge in [-0.25, -0.2) is 4.90 Å². The molecule has 0 saturated carbocycles. The molecule has 2 aromatic rings. The Morgan fingerprint density at radius 1 is 1.16 bits per heavy atom. The Bertz CT molecular complexity index is 822. The van der Waals surface area contributed by atoms with Crippen molar-refractivity contribution < 1.29 is 14.4 Å². The number of amides is 3. The van der Waals surface area contributed by atoms with Crippen molar-refractivity contribution in [3.8, 4) is 0 Å². The van der Waals surface area contributed by atoms with E-state index in [1.165, 1.54) is 11.8 Å². The van der Waals surface area contributed by atoms with Crippen LogP contribution in [0.1, 0.15) is 18.9 Å². The highest BCUT2D eigenvalue weighted by Gasteiger charge is 2.43. The standard InChI is InChI=1S/C19H17ClN2O3/c1-13(23)21(12-14-6-3-2-4-7-14)17-11-18(24)22(19(17)25)16-9-5-8-15(20)10-16/h2-10,17H,11-12H2,1H3. The topological polar surface area (TPSA) is 57.7 Å². The summed E-state index contributed by atoms with van der Waals surface area (Å²) in [6.45, 7) is 1.69. The Kier molecular flexibility index (Phi) is 4.86. The van der Waals surface area contributed by atoms with Gasteiger partial charge in [0.05, 0.1) is 12.1 Å². The molecular weight excluding hydrogens is 340 g/mol. The fourth-order valence-corrected chi connectivity index (χ4v) is 3.15. The van der Waals surface area contributed by atoms with Crippen molar-refractivity contribution in [2.24, 2.45) is 0 Å². The molecule has 0 aliphatic carbocycles. The predicted octanol–water partition coefficient (Wildman–Crippen LogP) is 3.02. The van der Waals surface area contributed by atoms with Gasteiger partial charge >= 0.3 is 0 Å². The summed E-state index contributed by atoms with van der Waals surface area (Å²) in [5.74, 6) is -0.988. The van der Waals surface area contributed by atoms with E-state index in [1.54, 1.807) is 24.3 Å². The lowest BCUT2D eigenvalue weighted by molar-refractivity contribution is -0.137. The molecule has 3 rings (SSSR count). The monoisotopic (exact) mass is 356 g/mol. The lowest BCUT2D eigenvalue weighted by Gasteiger charge is -2.26. The first-order chi connectivity index (χ1) is 12.0. The number of rotatable bonds is 4. The first-order valence-corrected chi connectivity index (χ1v) is 8.28. The minimum atomic E-state index is -0.802. The zero-order valence-electron chi connectivity index (χ0n) is 13.7. The third-order valence-electron chi connectivity index (χ3n) is 4.17. The number of carbonyl (C=O) groups excluding carboxylic acids is 3. The number of benzene rings is 2. The highest BCUT2D eigenvalue weighted by molar-refractivity contribution is 6.31. The molecule has 0 radical (unpaired) electrons. The maximum Gasteiger partial charge on any atom is 0.257 e. The van der Waals surface area contributed by atoms with Gasteiger partial charge in [-0.3, -0.25) is 14.4 Å². The summed E-state index contributed by atoms with van der Waals surface area (Å²) in [5, 5.41) is 0.439. The highest BCUT2D eigenvalue weighted by Crippen LogP contribution is 2.28. The number of anilines is 1. The molecule has 1 aliphatic heterocycles. The van der Waals surface area contributed by atoms with Crippen LogP contribution in [-0.4, -0.2) is 28.7 Å². The Hall–Kier alpha value is -2.66. The highest BCUT2D eigenvalue weighted by atomic mass is 35.5. The van der Waals surface area contributed by atoms with Gasteiger partial charge in [0.2, 0.25) is 11.8 Å². The smallest absolute Gasteiger partial charge is 0.257 e. The third-order valence-corrected chi connectivity index (χ3v) is 4.40. The first kappa shape index (κ1) is 17.2. The zero-order valence-corrected chi connectivity index (χ0v) is 14.4. The molecule has 25 heavy (non-hydrogen) atoms. The molecule has 0 N–H and O–H groups in total. The van der Waals surface area contributed by atoms with E-state index in [0.29, 0.717) is 10.7 Å². The second kappa shape index (κ2) is 7.07. The molecule has 0 spiro atoms. The lowest BCUT2D eigenvalue weighted by Crippen LogP contribution is -2.44. The number of hydrogen-bond donors (Lipinski definition) is 0. The average Bonchev–Trinajstić information content (AvgIpc) is 2.87. The Balaban J connectivity index is 1.87. The summed E-state index contributed by atoms with van der Waals surface area (Å²) in [5.41, 5.74) is 1.33. The van der Waals surface area contributed by atoms with Crippen LogP contribution in [0.2, 0.25) is 5.02 Å². The number of halogens is 1. The van der Waals surface area contributed by atoms with Crippen LogP contribution >= 0.6 is 11.6 Å². The van der Waals surface area contributed by atoms with Crippen LogP contribution < -0.4 is 4.90 Å². The molecule has 1 unspecified atom stereocenters. The van der Waals surface area contributed by atoms with Crippen molar-refractivity contribution in [2.75, 3.05) is 4.90 Å². The van der Waals surface area contributed by atoms with Crippen LogP contribution in [0.15, 0.2) is 54.6 Å². The summed E-state index contributed by atoms with van der Waals surface area (Å²) < 4.78 is 0. The summed E-state index contributed by atoms with van der Waals surface area (Å²) in [6, 6.07) is 15.1. The van der Waals surface area contributed by atoms with Crippen molar-refractivity contribution >= 4 is 35.0 Å². The van der Waals surface area contributed by atoms with Crippen molar-refractivity contribution in [1.82, 2.24) is 4.90 Å². The molecule has 6 heteroatoms. The van der Waals surface area contributed by atoms with E-state index in [2.05, 4.69) is 0 Å². The largest absolute Gasteiger partial charge is 0.326 e. The van der Waals surface area contributed by atoms with Crippen LogP contribution in [0.25, 0.3) is 0 Å². The van der Waals surface area contributed by atoms with Crippen LogP contribution in [0.4, 0.5) is 5.69 Å². The molecule has 0 aromatic heterocycles. The van der Waals surface area contributed by atoms with Crippen molar-refractivity contribution in [3.05, 3.63) is 65.2 Å². The van der Waals surface area contributed by atoms with Gasteiger partial charge in [0.1, 0.15) is 6.04 Å². The summed E-state index contributed by atoms with van der Waals surface area (Å²) >= 11 is 5.96. The van der Waals surface area contributed by atoms with E-state index in [1.807, 2.05) is 30.3 Å². The van der Waals surface area contributed by atoms with Gasteiger partial charge in [0.25, 0.3) is 5.91 Å². The molecule has 1 atom stereocenters. The van der Waals surface area contributed by atoms with Crippen LogP contribution in [-0.2, 0) is 20.9 Å². The fraction of sp³-hybridized carbons (Fsp3) is 0.211. The molecule has 2 aromatic carbocycles. The van der Waals surface area contributed by atoms with Gasteiger partial charge in [-0.1, -0.05) is 48.0 Å². The third kappa shape index (κ3) is 3.56. The quantitative estimate of drug-likeness (QED) is 0.791. The molecule has 1 fully saturated rings. The number of nitrogens with zero attached hydrogens (tertiary/aromatic N) is 2. The normalized spacial score (nSPS) is 17.0. The lowest BCUT2D eigenvalue weighted by atomic mass is 10.1. The summed E-state index contributed by atoms with van der Waals surface area (Å²) in [7, 11) is 0. The predicted molar refractivity (Wildman–Crippen MR) is 95.0 cm³/mol. The van der Waals surface area contributed by atoms with E-state index in [-0.39, 0.29) is 24.8 Å². The van der Waals surface area contributed by atoms with Gasteiger partial charge < -0.3 is 4.90 Å². The zero-order chi connectivity index (χ0) is 18.0. The molecular formula is C19H17ClN2O3. The second-order valence-electron chi connectivity index (χ2n) is 5.90. The first-order valence-electron chi connectivity index (χ1n) is 7.91. The Morgan fingerprint density at radius 3 is 2.52 bits per heavy atom. The van der Waals surface area contributed by atoms with Crippen molar-refractivity contribution in [3.63, 3.8) is 0 Å². The molecule has 128 valence electrons. The molecule has 0 bridgehead atoms. The van der Waals surface area contributed by atoms with Crippen molar-refractivity contribution in [1.29, 1.82) is 0 Å². The van der Waals surface area contributed by atoms with Gasteiger partial charge in [-0.05, 0) is 23.8 Å². The number of imide groups is 1. The molecule has 1 heterocycles. The van der Waals surface area contributed by atoms with E-state index in [4.69, 9.17) is 11.6 Å². The number of hydrogen-bond acceptors (Lipinski definition) is 3. The van der Waals surface area contributed by atoms with Gasteiger partial charge in [0, 0.05) is 18.5 Å². The van der Waals surface area contributed by atoms with Gasteiger partial charge in [-0.15, -0.1) is 0 Å². The SMILES string of the molecule is CC(=O)N(Cc1ccccc1)C1CC(=O)N(c2cccc(Cl)c2)C1=O. The van der Waals surface area contributed by atoms with E-state index < -0.39 is 11.9 Å². The van der Waals surface area contributed by atoms with Gasteiger partial charge in [-0.2, -0.15) is 0 Å². The Morgan fingerprint density at radius 2 is 1.88 bits per heavy atom. The summed E-state index contributed by atoms with van der Waals surface area (Å²) in [4.78, 5) is 39.9. The van der Waals surface area contributed by atoms with Crippen LogP contribution in [0, 0.1) is 0 Å².